The van der Waals surface area contributed by atoms with Crippen molar-refractivity contribution in [2.45, 2.75) is 128 Å². The molecular weight excluding hydrogens is 659 g/mol. The Kier molecular flexibility index (Phi) is 16.4. The molecule has 2 aromatic rings. The van der Waals surface area contributed by atoms with E-state index in [1.807, 2.05) is 26.0 Å². The number of unbranched alkanes of at least 4 members (excludes halogenated alkanes) is 2. The van der Waals surface area contributed by atoms with Gasteiger partial charge in [0.05, 0.1) is 22.8 Å². The second-order valence-corrected chi connectivity index (χ2v) is 28.8. The van der Waals surface area contributed by atoms with E-state index in [-0.39, 0.29) is 12.0 Å². The summed E-state index contributed by atoms with van der Waals surface area (Å²) in [4.78, 5) is 0. The number of halogens is 2. The van der Waals surface area contributed by atoms with Gasteiger partial charge in [0, 0.05) is 39.4 Å². The van der Waals surface area contributed by atoms with Crippen LogP contribution in [0.2, 0.25) is 44.3 Å². The van der Waals surface area contributed by atoms with E-state index in [1.54, 1.807) is 21.3 Å². The van der Waals surface area contributed by atoms with Gasteiger partial charge in [0.15, 0.2) is 0 Å². The molecule has 0 atom stereocenters. The first kappa shape index (κ1) is 42.9. The molecule has 0 saturated carbocycles. The number of hydrogen-bond acceptors (Lipinski definition) is 5. The molecule has 48 heavy (non-hydrogen) atoms. The van der Waals surface area contributed by atoms with Crippen LogP contribution in [-0.2, 0) is 33.6 Å². The topological polar surface area (TPSA) is 46.2 Å². The highest BCUT2D eigenvalue weighted by Gasteiger charge is 2.37. The molecule has 0 aromatic heterocycles. The van der Waals surface area contributed by atoms with Crippen molar-refractivity contribution in [2.75, 3.05) is 41.2 Å². The molecular formula is C38H66F2O5Si3. The lowest BCUT2D eigenvalue weighted by molar-refractivity contribution is -0.269. The van der Waals surface area contributed by atoms with E-state index in [4.69, 9.17) is 22.8 Å². The van der Waals surface area contributed by atoms with Crippen LogP contribution in [0.25, 0.3) is 0 Å². The summed E-state index contributed by atoms with van der Waals surface area (Å²) >= 11 is 0. The van der Waals surface area contributed by atoms with Gasteiger partial charge in [-0.05, 0) is 35.8 Å². The summed E-state index contributed by atoms with van der Waals surface area (Å²) in [6.07, 6.45) is 1.83. The molecule has 0 aliphatic heterocycles. The molecule has 0 unspecified atom stereocenters. The van der Waals surface area contributed by atoms with Crippen molar-refractivity contribution in [1.29, 1.82) is 0 Å². The molecule has 0 spiro atoms. The molecule has 0 heterocycles. The second-order valence-electron chi connectivity index (χ2n) is 16.0. The van der Waals surface area contributed by atoms with Gasteiger partial charge >= 0.3 is 14.9 Å². The van der Waals surface area contributed by atoms with Crippen LogP contribution in [-0.4, -0.2) is 72.2 Å². The minimum atomic E-state index is -3.33. The molecule has 2 aromatic carbocycles. The van der Waals surface area contributed by atoms with Gasteiger partial charge in [-0.3, -0.25) is 0 Å². The van der Waals surface area contributed by atoms with Crippen LogP contribution >= 0.6 is 0 Å². The van der Waals surface area contributed by atoms with Crippen molar-refractivity contribution in [1.82, 2.24) is 0 Å². The van der Waals surface area contributed by atoms with Gasteiger partial charge in [0.25, 0.3) is 0 Å². The molecule has 2 rings (SSSR count). The third-order valence-electron chi connectivity index (χ3n) is 10.5. The maximum absolute atomic E-state index is 14.7. The normalized spacial score (nSPS) is 13.7. The Hall–Kier alpha value is -1.25. The molecule has 0 saturated heterocycles. The van der Waals surface area contributed by atoms with Crippen LogP contribution in [0.4, 0.5) is 8.78 Å². The number of benzene rings is 2. The van der Waals surface area contributed by atoms with Crippen LogP contribution in [0.5, 0.6) is 0 Å². The Labute approximate surface area is 294 Å². The summed E-state index contributed by atoms with van der Waals surface area (Å²) in [6, 6.07) is 20.7. The molecule has 0 amide bonds. The Bertz CT molecular complexity index is 1210. The fourth-order valence-electron chi connectivity index (χ4n) is 6.10. The number of ether oxygens (including phenoxy) is 2. The summed E-state index contributed by atoms with van der Waals surface area (Å²) in [5.74, 6) is 0. The van der Waals surface area contributed by atoms with Crippen LogP contribution in [0.15, 0.2) is 48.5 Å². The smallest absolute Gasteiger partial charge is 0.377 e. The lowest BCUT2D eigenvalue weighted by Crippen LogP contribution is -2.45. The highest BCUT2D eigenvalue weighted by Crippen LogP contribution is 2.31. The van der Waals surface area contributed by atoms with Crippen molar-refractivity contribution in [3.05, 3.63) is 59.7 Å². The molecule has 5 nitrogen and oxygen atoms in total. The van der Waals surface area contributed by atoms with Crippen LogP contribution in [0.1, 0.15) is 77.8 Å². The maximum atomic E-state index is 14.7. The first-order valence-electron chi connectivity index (χ1n) is 17.8. The van der Waals surface area contributed by atoms with E-state index >= 15 is 0 Å². The molecule has 0 fully saturated rings. The quantitative estimate of drug-likeness (QED) is 0.0845. The zero-order valence-electron chi connectivity index (χ0n) is 32.2. The van der Waals surface area contributed by atoms with E-state index in [2.05, 4.69) is 83.4 Å². The van der Waals surface area contributed by atoms with Crippen LogP contribution in [0.3, 0.4) is 0 Å². The molecule has 0 radical (unpaired) electrons. The molecule has 0 N–H and O–H groups in total. The SMILES string of the molecule is CCC(C)(C)c1ccc(C(C)(C)COC(F)(F)COCCC[Si](C)(C)c2ccc([Si](C)(C)CCCCC[Si](OC)(OC)OC)cc2)cc1. The van der Waals surface area contributed by atoms with Crippen molar-refractivity contribution in [2.24, 2.45) is 0 Å². The molecule has 10 heteroatoms. The maximum Gasteiger partial charge on any atom is 0.500 e. The Morgan fingerprint density at radius 3 is 1.48 bits per heavy atom. The van der Waals surface area contributed by atoms with Crippen LogP contribution in [0, 0.1) is 0 Å². The third kappa shape index (κ3) is 12.8. The monoisotopic (exact) mass is 724 g/mol. The number of alkyl halides is 2. The van der Waals surface area contributed by atoms with Crippen molar-refractivity contribution >= 4 is 35.3 Å². The van der Waals surface area contributed by atoms with Crippen molar-refractivity contribution in [3.8, 4) is 0 Å². The summed E-state index contributed by atoms with van der Waals surface area (Å²) in [7, 11) is -0.754. The Morgan fingerprint density at radius 1 is 0.583 bits per heavy atom. The minimum absolute atomic E-state index is 0.0848. The number of rotatable bonds is 23. The van der Waals surface area contributed by atoms with E-state index in [0.717, 1.165) is 43.3 Å². The van der Waals surface area contributed by atoms with Crippen molar-refractivity contribution < 1.29 is 31.5 Å². The highest BCUT2D eigenvalue weighted by atomic mass is 28.4. The van der Waals surface area contributed by atoms with Gasteiger partial charge in [0.1, 0.15) is 6.61 Å². The van der Waals surface area contributed by atoms with Crippen LogP contribution < -0.4 is 10.4 Å². The largest absolute Gasteiger partial charge is 0.500 e. The highest BCUT2D eigenvalue weighted by molar-refractivity contribution is 6.91. The standard InChI is InChI=1S/C38H66F2O5Si3/c1-13-36(2,3)32-18-20-33(21-19-32)37(4,5)30-45-38(39,40)31-44-26-17-28-47(11,12)35-24-22-34(23-25-35)46(9,10)27-15-14-16-29-48(41-6,42-7)43-8/h18-25H,13-17,26-31H2,1-12H3. The van der Waals surface area contributed by atoms with E-state index in [9.17, 15) is 8.78 Å². The summed E-state index contributed by atoms with van der Waals surface area (Å²) in [5, 5.41) is 2.88. The zero-order valence-corrected chi connectivity index (χ0v) is 35.2. The molecule has 0 aliphatic carbocycles. The van der Waals surface area contributed by atoms with Gasteiger partial charge < -0.3 is 22.8 Å². The first-order chi connectivity index (χ1) is 22.3. The number of hydrogen-bond donors (Lipinski definition) is 0. The molecule has 0 aliphatic rings. The molecule has 274 valence electrons. The fourth-order valence-corrected chi connectivity index (χ4v) is 12.8. The summed E-state index contributed by atoms with van der Waals surface area (Å²) in [6.45, 7) is 19.6. The van der Waals surface area contributed by atoms with Gasteiger partial charge in [-0.2, -0.15) is 8.78 Å². The third-order valence-corrected chi connectivity index (χ3v) is 20.3. The Morgan fingerprint density at radius 2 is 1.02 bits per heavy atom. The molecule has 0 bridgehead atoms. The lowest BCUT2D eigenvalue weighted by atomic mass is 9.79. The van der Waals surface area contributed by atoms with E-state index in [0.29, 0.717) is 6.61 Å². The zero-order chi connectivity index (χ0) is 36.3. The fraction of sp³-hybridized carbons (Fsp3) is 0.684. The van der Waals surface area contributed by atoms with Gasteiger partial charge in [-0.25, -0.2) is 0 Å². The minimum Gasteiger partial charge on any atom is -0.377 e. The average Bonchev–Trinajstić information content (AvgIpc) is 3.05. The average molecular weight is 725 g/mol. The summed E-state index contributed by atoms with van der Waals surface area (Å²) in [5.41, 5.74) is 1.77. The van der Waals surface area contributed by atoms with Crippen molar-refractivity contribution in [3.63, 3.8) is 0 Å². The predicted molar refractivity (Wildman–Crippen MR) is 205 cm³/mol. The predicted octanol–water partition coefficient (Wildman–Crippen LogP) is 9.25. The van der Waals surface area contributed by atoms with Gasteiger partial charge in [-0.1, -0.05) is 145 Å². The second kappa shape index (κ2) is 18.3. The van der Waals surface area contributed by atoms with E-state index in [1.165, 1.54) is 28.4 Å². The van der Waals surface area contributed by atoms with Gasteiger partial charge in [-0.15, -0.1) is 0 Å². The first-order valence-corrected chi connectivity index (χ1v) is 26.1. The van der Waals surface area contributed by atoms with Gasteiger partial charge in [0.2, 0.25) is 0 Å². The summed E-state index contributed by atoms with van der Waals surface area (Å²) < 4.78 is 56.5. The van der Waals surface area contributed by atoms with E-state index < -0.39 is 43.1 Å². The lowest BCUT2D eigenvalue weighted by Gasteiger charge is -2.29. The Balaban J connectivity index is 1.78.